The average molecular weight is 454 g/mol. The first kappa shape index (κ1) is 23.3. The molecular weight excluding hydrogens is 426 g/mol. The van der Waals surface area contributed by atoms with Gasteiger partial charge in [0.25, 0.3) is 5.91 Å². The fourth-order valence-corrected chi connectivity index (χ4v) is 3.93. The number of amides is 2. The number of nitrogens with one attached hydrogen (secondary N) is 2. The van der Waals surface area contributed by atoms with Crippen molar-refractivity contribution in [2.75, 3.05) is 19.0 Å². The molecule has 9 heteroatoms. The Labute approximate surface area is 191 Å². The summed E-state index contributed by atoms with van der Waals surface area (Å²) in [7, 11) is 3.45. The smallest absolute Gasteiger partial charge is 0.251 e. The second-order valence-corrected chi connectivity index (χ2v) is 8.23. The van der Waals surface area contributed by atoms with Gasteiger partial charge < -0.3 is 19.9 Å². The molecule has 0 aliphatic carbocycles. The minimum absolute atomic E-state index is 0.0694. The van der Waals surface area contributed by atoms with Crippen molar-refractivity contribution in [3.63, 3.8) is 0 Å². The third-order valence-electron chi connectivity index (χ3n) is 4.86. The van der Waals surface area contributed by atoms with E-state index in [1.807, 2.05) is 48.9 Å². The van der Waals surface area contributed by atoms with Gasteiger partial charge in [-0.3, -0.25) is 9.59 Å². The van der Waals surface area contributed by atoms with Crippen molar-refractivity contribution in [1.82, 2.24) is 20.1 Å². The fraction of sp³-hybridized carbons (Fsp3) is 0.304. The van der Waals surface area contributed by atoms with Gasteiger partial charge in [0.05, 0.1) is 12.4 Å². The lowest BCUT2D eigenvalue weighted by Crippen LogP contribution is -2.26. The topological polar surface area (TPSA) is 98.1 Å². The second kappa shape index (κ2) is 11.3. The quantitative estimate of drug-likeness (QED) is 0.457. The van der Waals surface area contributed by atoms with E-state index in [9.17, 15) is 9.59 Å². The van der Waals surface area contributed by atoms with Crippen LogP contribution >= 0.6 is 11.8 Å². The van der Waals surface area contributed by atoms with E-state index in [-0.39, 0.29) is 17.1 Å². The molecule has 0 aliphatic rings. The van der Waals surface area contributed by atoms with E-state index in [0.717, 1.165) is 11.5 Å². The summed E-state index contributed by atoms with van der Waals surface area (Å²) in [5.74, 6) is 1.21. The molecule has 0 radical (unpaired) electrons. The van der Waals surface area contributed by atoms with Crippen LogP contribution in [0, 0.1) is 0 Å². The Morgan fingerprint density at radius 2 is 1.81 bits per heavy atom. The Morgan fingerprint density at radius 3 is 2.47 bits per heavy atom. The van der Waals surface area contributed by atoms with E-state index in [1.165, 1.54) is 11.8 Å². The number of ether oxygens (including phenoxy) is 1. The zero-order valence-electron chi connectivity index (χ0n) is 18.4. The summed E-state index contributed by atoms with van der Waals surface area (Å²) in [6.45, 7) is 2.39. The molecule has 0 unspecified atom stereocenters. The number of aromatic nitrogens is 3. The lowest BCUT2D eigenvalue weighted by atomic mass is 10.2. The van der Waals surface area contributed by atoms with E-state index < -0.39 is 0 Å². The number of hydrogen-bond donors (Lipinski definition) is 2. The zero-order valence-corrected chi connectivity index (χ0v) is 19.2. The first-order valence-electron chi connectivity index (χ1n) is 10.3. The number of hydrogen-bond acceptors (Lipinski definition) is 6. The van der Waals surface area contributed by atoms with E-state index in [0.29, 0.717) is 35.9 Å². The van der Waals surface area contributed by atoms with Crippen LogP contribution in [0.15, 0.2) is 59.8 Å². The third-order valence-corrected chi connectivity index (χ3v) is 6.26. The number of methoxy groups -OCH3 is 1. The maximum atomic E-state index is 12.6. The molecule has 0 bridgehead atoms. The number of rotatable bonds is 10. The van der Waals surface area contributed by atoms with Gasteiger partial charge in [0, 0.05) is 31.3 Å². The fourth-order valence-electron chi connectivity index (χ4n) is 2.99. The molecule has 2 amide bonds. The van der Waals surface area contributed by atoms with Gasteiger partial charge in [-0.15, -0.1) is 10.2 Å². The van der Waals surface area contributed by atoms with E-state index in [1.54, 1.807) is 31.4 Å². The van der Waals surface area contributed by atoms with Gasteiger partial charge in [-0.25, -0.2) is 0 Å². The summed E-state index contributed by atoms with van der Waals surface area (Å²) >= 11 is 1.38. The van der Waals surface area contributed by atoms with Crippen LogP contribution in [0.5, 0.6) is 5.75 Å². The van der Waals surface area contributed by atoms with Crippen LogP contribution in [-0.4, -0.2) is 45.5 Å². The normalized spacial score (nSPS) is 11.6. The lowest BCUT2D eigenvalue weighted by molar-refractivity contribution is -0.115. The molecular formula is C23H27N5O3S. The number of para-hydroxylation sites is 1. The molecule has 0 aliphatic heterocycles. The van der Waals surface area contributed by atoms with Crippen molar-refractivity contribution in [3.8, 4) is 5.75 Å². The molecule has 2 aromatic carbocycles. The van der Waals surface area contributed by atoms with Crippen LogP contribution in [0.25, 0.3) is 0 Å². The summed E-state index contributed by atoms with van der Waals surface area (Å²) in [6, 6.07) is 16.3. The highest BCUT2D eigenvalue weighted by molar-refractivity contribution is 8.00. The summed E-state index contributed by atoms with van der Waals surface area (Å²) in [4.78, 5) is 24.9. The number of benzene rings is 2. The van der Waals surface area contributed by atoms with Crippen molar-refractivity contribution in [2.45, 2.75) is 30.2 Å². The summed E-state index contributed by atoms with van der Waals surface area (Å²) in [5, 5.41) is 14.7. The number of thioether (sulfide) groups is 1. The Bertz CT molecular complexity index is 1040. The molecule has 0 fully saturated rings. The molecule has 3 aromatic rings. The molecule has 0 spiro atoms. The summed E-state index contributed by atoms with van der Waals surface area (Å²) in [5.41, 5.74) is 1.33. The minimum Gasteiger partial charge on any atom is -0.497 e. The molecule has 1 heterocycles. The predicted octanol–water partition coefficient (Wildman–Crippen LogP) is 3.31. The molecule has 0 saturated heterocycles. The van der Waals surface area contributed by atoms with Crippen LogP contribution in [0.4, 0.5) is 5.69 Å². The minimum atomic E-state index is -0.291. The van der Waals surface area contributed by atoms with E-state index in [2.05, 4.69) is 20.8 Å². The number of anilines is 1. The first-order chi connectivity index (χ1) is 15.5. The lowest BCUT2D eigenvalue weighted by Gasteiger charge is -2.14. The molecule has 32 heavy (non-hydrogen) atoms. The Morgan fingerprint density at radius 1 is 1.09 bits per heavy atom. The van der Waals surface area contributed by atoms with Gasteiger partial charge in [-0.05, 0) is 42.8 Å². The monoisotopic (exact) mass is 453 g/mol. The standard InChI is InChI=1S/C23H27N5O3S/c1-4-19(22(30)25-17-8-6-5-7-9-17)32-23-27-26-20(28(23)2)14-15-24-21(29)16-10-12-18(31-3)13-11-16/h5-13,19H,4,14-15H2,1-3H3,(H,24,29)(H,25,30)/t19-/m1/s1. The van der Waals surface area contributed by atoms with Crippen LogP contribution in [0.3, 0.4) is 0 Å². The van der Waals surface area contributed by atoms with Crippen molar-refractivity contribution < 1.29 is 14.3 Å². The zero-order chi connectivity index (χ0) is 22.9. The number of carbonyl (C=O) groups excluding carboxylic acids is 2. The second-order valence-electron chi connectivity index (χ2n) is 7.06. The molecule has 2 N–H and O–H groups in total. The molecule has 168 valence electrons. The molecule has 3 rings (SSSR count). The first-order valence-corrected chi connectivity index (χ1v) is 11.2. The van der Waals surface area contributed by atoms with Gasteiger partial charge in [-0.2, -0.15) is 0 Å². The average Bonchev–Trinajstić information content (AvgIpc) is 3.17. The Balaban J connectivity index is 1.53. The van der Waals surface area contributed by atoms with Crippen molar-refractivity contribution in [2.24, 2.45) is 7.05 Å². The van der Waals surface area contributed by atoms with E-state index >= 15 is 0 Å². The van der Waals surface area contributed by atoms with Crippen molar-refractivity contribution >= 4 is 29.3 Å². The number of carbonyl (C=O) groups is 2. The predicted molar refractivity (Wildman–Crippen MR) is 125 cm³/mol. The Hall–Kier alpha value is -3.33. The summed E-state index contributed by atoms with van der Waals surface area (Å²) in [6.07, 6.45) is 1.18. The van der Waals surface area contributed by atoms with Crippen molar-refractivity contribution in [1.29, 1.82) is 0 Å². The van der Waals surface area contributed by atoms with E-state index in [4.69, 9.17) is 4.74 Å². The molecule has 0 saturated carbocycles. The number of nitrogens with zero attached hydrogens (tertiary/aromatic N) is 3. The van der Waals surface area contributed by atoms with Crippen LogP contribution in [0.1, 0.15) is 29.5 Å². The van der Waals surface area contributed by atoms with Crippen LogP contribution in [0.2, 0.25) is 0 Å². The van der Waals surface area contributed by atoms with Gasteiger partial charge in [0.15, 0.2) is 5.16 Å². The van der Waals surface area contributed by atoms with Gasteiger partial charge >= 0.3 is 0 Å². The van der Waals surface area contributed by atoms with Gasteiger partial charge in [0.2, 0.25) is 5.91 Å². The van der Waals surface area contributed by atoms with Crippen LogP contribution < -0.4 is 15.4 Å². The highest BCUT2D eigenvalue weighted by atomic mass is 32.2. The van der Waals surface area contributed by atoms with Crippen molar-refractivity contribution in [3.05, 3.63) is 66.0 Å². The van der Waals surface area contributed by atoms with Gasteiger partial charge in [-0.1, -0.05) is 36.9 Å². The highest BCUT2D eigenvalue weighted by Crippen LogP contribution is 2.25. The van der Waals surface area contributed by atoms with Gasteiger partial charge in [0.1, 0.15) is 11.6 Å². The molecule has 1 aromatic heterocycles. The highest BCUT2D eigenvalue weighted by Gasteiger charge is 2.21. The summed E-state index contributed by atoms with van der Waals surface area (Å²) < 4.78 is 6.97. The third kappa shape index (κ3) is 6.10. The SMILES string of the molecule is CC[C@@H](Sc1nnc(CCNC(=O)c2ccc(OC)cc2)n1C)C(=O)Nc1ccccc1. The van der Waals surface area contributed by atoms with Crippen LogP contribution in [-0.2, 0) is 18.3 Å². The maximum absolute atomic E-state index is 12.6. The largest absolute Gasteiger partial charge is 0.497 e. The molecule has 8 nitrogen and oxygen atoms in total. The Kier molecular flexibility index (Phi) is 8.27. The maximum Gasteiger partial charge on any atom is 0.251 e. The molecule has 1 atom stereocenters.